The summed E-state index contributed by atoms with van der Waals surface area (Å²) in [6, 6.07) is 37.1. The van der Waals surface area contributed by atoms with E-state index in [0.717, 1.165) is 16.3 Å². The number of hydrogen-bond acceptors (Lipinski definition) is 10. The number of nitrogens with one attached hydrogen (secondary N) is 1. The molecule has 10 rings (SSSR count). The lowest BCUT2D eigenvalue weighted by Gasteiger charge is -2.51. The predicted molar refractivity (Wildman–Crippen MR) is 250 cm³/mol. The molecule has 0 spiro atoms. The van der Waals surface area contributed by atoms with Crippen LogP contribution >= 0.6 is 23.2 Å². The number of hydrogen-bond donors (Lipinski definition) is 2. The summed E-state index contributed by atoms with van der Waals surface area (Å²) >= 11 is 12.9. The Bertz CT molecular complexity index is 2990. The molecule has 2 N–H and O–H groups in total. The van der Waals surface area contributed by atoms with Crippen LogP contribution < -0.4 is 20.0 Å². The molecule has 0 aromatic heterocycles. The molecule has 14 heteroatoms. The molecule has 1 saturated carbocycles. The lowest BCUT2D eigenvalue weighted by Crippen LogP contribution is -2.53. The fourth-order valence-electron chi connectivity index (χ4n) is 10.6. The molecule has 6 aromatic rings. The topological polar surface area (TPSA) is 144 Å². The maximum absolute atomic E-state index is 15.8. The van der Waals surface area contributed by atoms with E-state index < -0.39 is 46.8 Å². The second kappa shape index (κ2) is 16.2. The SMILES string of the molecule is COc1ccc(C23C(=O)N(Nc4ccc(Cl)cc4Cl)C(=O)C2CC2C(=CCC4C(=O)N(c5ccc(N=Nc6ccc(N(C)C)cc6)cc5)C(=O)C42)C3c2ccc(O)c3ccccc23)cc1. The van der Waals surface area contributed by atoms with Gasteiger partial charge < -0.3 is 14.7 Å². The molecule has 326 valence electrons. The van der Waals surface area contributed by atoms with Crippen molar-refractivity contribution in [1.29, 1.82) is 0 Å². The van der Waals surface area contributed by atoms with Crippen LogP contribution in [-0.4, -0.2) is 54.9 Å². The maximum Gasteiger partial charge on any atom is 0.260 e. The molecule has 2 aliphatic heterocycles. The van der Waals surface area contributed by atoms with E-state index in [9.17, 15) is 14.7 Å². The Labute approximate surface area is 384 Å². The summed E-state index contributed by atoms with van der Waals surface area (Å²) in [5.74, 6) is -5.16. The lowest BCUT2D eigenvalue weighted by molar-refractivity contribution is -0.138. The van der Waals surface area contributed by atoms with E-state index in [1.165, 1.54) is 11.0 Å². The normalized spacial score (nSPS) is 23.7. The Morgan fingerprint density at radius 3 is 2.11 bits per heavy atom. The van der Waals surface area contributed by atoms with Gasteiger partial charge in [-0.25, -0.2) is 0 Å². The number of amides is 4. The second-order valence-electron chi connectivity index (χ2n) is 17.1. The Balaban J connectivity index is 1.08. The van der Waals surface area contributed by atoms with Crippen LogP contribution in [0.15, 0.2) is 149 Å². The highest BCUT2D eigenvalue weighted by Crippen LogP contribution is 2.65. The van der Waals surface area contributed by atoms with E-state index in [0.29, 0.717) is 55.4 Å². The van der Waals surface area contributed by atoms with Gasteiger partial charge >= 0.3 is 0 Å². The van der Waals surface area contributed by atoms with Gasteiger partial charge in [0.2, 0.25) is 11.8 Å². The number of rotatable bonds is 9. The molecule has 6 atom stereocenters. The number of benzene rings is 6. The smallest absolute Gasteiger partial charge is 0.260 e. The molecule has 4 aliphatic rings. The number of hydrazine groups is 1. The first-order valence-electron chi connectivity index (χ1n) is 21.2. The third-order valence-corrected chi connectivity index (χ3v) is 14.1. The molecule has 2 aliphatic carbocycles. The minimum atomic E-state index is -1.58. The van der Waals surface area contributed by atoms with Gasteiger partial charge in [0.25, 0.3) is 11.8 Å². The highest BCUT2D eigenvalue weighted by atomic mass is 35.5. The fourth-order valence-corrected chi connectivity index (χ4v) is 11.1. The Morgan fingerprint density at radius 2 is 1.45 bits per heavy atom. The third-order valence-electron chi connectivity index (χ3n) is 13.6. The zero-order chi connectivity index (χ0) is 45.3. The van der Waals surface area contributed by atoms with E-state index in [2.05, 4.69) is 15.7 Å². The van der Waals surface area contributed by atoms with Crippen LogP contribution in [0.3, 0.4) is 0 Å². The van der Waals surface area contributed by atoms with Crippen LogP contribution in [0.4, 0.5) is 28.4 Å². The fraction of sp³-hybridized carbons (Fsp3) is 0.216. The highest BCUT2D eigenvalue weighted by Gasteiger charge is 2.70. The van der Waals surface area contributed by atoms with E-state index in [4.69, 9.17) is 27.9 Å². The molecule has 0 bridgehead atoms. The maximum atomic E-state index is 15.8. The number of phenolic OH excluding ortho intramolecular Hbond substituents is 1. The monoisotopic (exact) mass is 904 g/mol. The summed E-state index contributed by atoms with van der Waals surface area (Å²) in [7, 11) is 5.48. The number of allylic oxidation sites excluding steroid dienone is 2. The number of nitrogens with zero attached hydrogens (tertiary/aromatic N) is 5. The van der Waals surface area contributed by atoms with Gasteiger partial charge in [0.1, 0.15) is 11.5 Å². The molecule has 4 amide bonds. The van der Waals surface area contributed by atoms with Crippen LogP contribution in [0.1, 0.15) is 29.9 Å². The van der Waals surface area contributed by atoms with Crippen LogP contribution in [0.25, 0.3) is 10.8 Å². The number of carbonyl (C=O) groups is 4. The van der Waals surface area contributed by atoms with Gasteiger partial charge in [-0.3, -0.25) is 29.5 Å². The van der Waals surface area contributed by atoms with Gasteiger partial charge in [-0.1, -0.05) is 77.3 Å². The standard InChI is InChI=1S/C51H42Cl2N6O6/c1-57(2)32-15-11-30(12-16-32)54-55-31-13-17-33(18-14-31)58-47(61)39-22-21-38-40(45(39)49(58)63)27-41-48(62)59(56-43-24-10-29(52)26-42(43)53)50(64)51(41,28-8-19-34(65-3)20-9-28)46(38)37-23-25-44(60)36-7-5-4-6-35(36)37/h4-21,23-26,39-41,45-46,56,60H,22,27H2,1-3H3. The largest absolute Gasteiger partial charge is 0.507 e. The quantitative estimate of drug-likeness (QED) is 0.0829. The van der Waals surface area contributed by atoms with Crippen LogP contribution in [0.2, 0.25) is 10.0 Å². The summed E-state index contributed by atoms with van der Waals surface area (Å²) < 4.78 is 5.54. The Morgan fingerprint density at radius 1 is 0.769 bits per heavy atom. The first-order valence-corrected chi connectivity index (χ1v) is 22.0. The summed E-state index contributed by atoms with van der Waals surface area (Å²) in [6.07, 6.45) is 2.33. The zero-order valence-corrected chi connectivity index (χ0v) is 37.0. The number of imide groups is 2. The van der Waals surface area contributed by atoms with E-state index >= 15 is 9.59 Å². The summed E-state index contributed by atoms with van der Waals surface area (Å²) in [5.41, 5.74) is 6.44. The van der Waals surface area contributed by atoms with Crippen molar-refractivity contribution in [2.24, 2.45) is 33.9 Å². The number of carbonyl (C=O) groups excluding carboxylic acids is 4. The number of azo groups is 1. The number of methoxy groups -OCH3 is 1. The van der Waals surface area contributed by atoms with Gasteiger partial charge in [0.15, 0.2) is 0 Å². The Kier molecular flexibility index (Phi) is 10.5. The minimum Gasteiger partial charge on any atom is -0.507 e. The molecule has 2 heterocycles. The van der Waals surface area contributed by atoms with Crippen LogP contribution in [0, 0.1) is 23.7 Å². The number of aromatic hydroxyl groups is 1. The molecule has 6 unspecified atom stereocenters. The molecule has 12 nitrogen and oxygen atoms in total. The summed E-state index contributed by atoms with van der Waals surface area (Å²) in [4.78, 5) is 63.7. The average Bonchev–Trinajstić information content (AvgIpc) is 3.70. The van der Waals surface area contributed by atoms with Crippen molar-refractivity contribution in [3.63, 3.8) is 0 Å². The summed E-state index contributed by atoms with van der Waals surface area (Å²) in [6.45, 7) is 0. The van der Waals surface area contributed by atoms with Crippen LogP contribution in [0.5, 0.6) is 11.5 Å². The highest BCUT2D eigenvalue weighted by molar-refractivity contribution is 6.36. The van der Waals surface area contributed by atoms with Crippen LogP contribution in [-0.2, 0) is 24.6 Å². The lowest BCUT2D eigenvalue weighted by atomic mass is 9.49. The second-order valence-corrected chi connectivity index (χ2v) is 17.9. The zero-order valence-electron chi connectivity index (χ0n) is 35.5. The molecule has 3 fully saturated rings. The number of anilines is 3. The molecule has 0 radical (unpaired) electrons. The molecule has 2 saturated heterocycles. The molecule has 6 aromatic carbocycles. The van der Waals surface area contributed by atoms with Crippen molar-refractivity contribution in [2.45, 2.75) is 24.2 Å². The van der Waals surface area contributed by atoms with Crippen molar-refractivity contribution in [2.75, 3.05) is 36.4 Å². The van der Waals surface area contributed by atoms with Crippen molar-refractivity contribution in [1.82, 2.24) is 5.01 Å². The first kappa shape index (κ1) is 42.0. The van der Waals surface area contributed by atoms with E-state index in [1.807, 2.05) is 85.7 Å². The number of phenols is 1. The predicted octanol–water partition coefficient (Wildman–Crippen LogP) is 10.5. The first-order chi connectivity index (χ1) is 31.4. The molecular formula is C51H42Cl2N6O6. The third kappa shape index (κ3) is 6.73. The number of ether oxygens (including phenoxy) is 1. The van der Waals surface area contributed by atoms with E-state index in [1.54, 1.807) is 67.8 Å². The van der Waals surface area contributed by atoms with Gasteiger partial charge in [-0.15, -0.1) is 0 Å². The van der Waals surface area contributed by atoms with Crippen molar-refractivity contribution in [3.05, 3.63) is 160 Å². The molecule has 65 heavy (non-hydrogen) atoms. The van der Waals surface area contributed by atoms with Gasteiger partial charge in [-0.05, 0) is 120 Å². The average molecular weight is 906 g/mol. The minimum absolute atomic E-state index is 0.0531. The van der Waals surface area contributed by atoms with Gasteiger partial charge in [0.05, 0.1) is 58.1 Å². The number of halogens is 2. The van der Waals surface area contributed by atoms with Gasteiger partial charge in [-0.2, -0.15) is 15.2 Å². The van der Waals surface area contributed by atoms with Gasteiger partial charge in [0, 0.05) is 36.1 Å². The van der Waals surface area contributed by atoms with Crippen molar-refractivity contribution >= 4 is 86.0 Å². The Hall–Kier alpha value is -7.02. The number of fused-ring (bicyclic) bond motifs is 5. The molecular weight excluding hydrogens is 864 g/mol. The van der Waals surface area contributed by atoms with Crippen molar-refractivity contribution < 1.29 is 29.0 Å². The summed E-state index contributed by atoms with van der Waals surface area (Å²) in [5, 5.41) is 22.8. The van der Waals surface area contributed by atoms with Crippen molar-refractivity contribution in [3.8, 4) is 11.5 Å². The van der Waals surface area contributed by atoms with E-state index in [-0.39, 0.29) is 35.4 Å².